The first-order chi connectivity index (χ1) is 12.9. The second-order valence-corrected chi connectivity index (χ2v) is 7.52. The lowest BCUT2D eigenvalue weighted by Gasteiger charge is -2.30. The van der Waals surface area contributed by atoms with Gasteiger partial charge in [-0.3, -0.25) is 5.32 Å². The SMILES string of the molecule is CCc1ccccc1NC(=O)Oc1ccc2c(c1)[C@]1(C)CCN(O)C1N2C. The molecule has 27 heavy (non-hydrogen) atoms. The number of rotatable bonds is 3. The van der Waals surface area contributed by atoms with Gasteiger partial charge in [-0.05, 0) is 48.2 Å². The summed E-state index contributed by atoms with van der Waals surface area (Å²) < 4.78 is 5.55. The van der Waals surface area contributed by atoms with Crippen molar-refractivity contribution in [3.05, 3.63) is 53.6 Å². The van der Waals surface area contributed by atoms with Crippen molar-refractivity contribution in [3.63, 3.8) is 0 Å². The van der Waals surface area contributed by atoms with Crippen LogP contribution in [0.5, 0.6) is 5.75 Å². The van der Waals surface area contributed by atoms with Gasteiger partial charge in [0.1, 0.15) is 11.9 Å². The molecular weight excluding hydrogens is 342 g/mol. The van der Waals surface area contributed by atoms with Crippen molar-refractivity contribution in [2.45, 2.75) is 38.3 Å². The lowest BCUT2D eigenvalue weighted by molar-refractivity contribution is -0.107. The first kappa shape index (κ1) is 17.8. The molecule has 6 nitrogen and oxygen atoms in total. The molecule has 6 heteroatoms. The van der Waals surface area contributed by atoms with Crippen LogP contribution in [-0.2, 0) is 11.8 Å². The summed E-state index contributed by atoms with van der Waals surface area (Å²) in [4.78, 5) is 14.5. The van der Waals surface area contributed by atoms with Crippen molar-refractivity contribution in [2.75, 3.05) is 23.8 Å². The fourth-order valence-corrected chi connectivity index (χ4v) is 4.50. The van der Waals surface area contributed by atoms with Gasteiger partial charge >= 0.3 is 6.09 Å². The van der Waals surface area contributed by atoms with Crippen molar-refractivity contribution in [3.8, 4) is 5.75 Å². The summed E-state index contributed by atoms with van der Waals surface area (Å²) in [5.41, 5.74) is 3.80. The average Bonchev–Trinajstić information content (AvgIpc) is 3.08. The highest BCUT2D eigenvalue weighted by Crippen LogP contribution is 2.51. The standard InChI is InChI=1S/C21H25N3O3/c1-4-14-7-5-6-8-17(14)22-20(25)27-15-9-10-18-16(13-15)21(2)11-12-24(26)19(21)23(18)3/h5-10,13,19,26H,4,11-12H2,1-3H3,(H,22,25)/t19?,21-/m0/s1. The third-order valence-electron chi connectivity index (χ3n) is 5.89. The van der Waals surface area contributed by atoms with E-state index in [1.807, 2.05) is 50.4 Å². The number of hydrogen-bond acceptors (Lipinski definition) is 5. The monoisotopic (exact) mass is 367 g/mol. The van der Waals surface area contributed by atoms with Crippen molar-refractivity contribution in [1.29, 1.82) is 0 Å². The third-order valence-corrected chi connectivity index (χ3v) is 5.89. The number of aryl methyl sites for hydroxylation is 1. The van der Waals surface area contributed by atoms with E-state index in [4.69, 9.17) is 4.74 Å². The van der Waals surface area contributed by atoms with Gasteiger partial charge in [-0.25, -0.2) is 4.79 Å². The maximum absolute atomic E-state index is 12.4. The number of nitrogens with zero attached hydrogens (tertiary/aromatic N) is 2. The average molecular weight is 367 g/mol. The maximum atomic E-state index is 12.4. The molecule has 1 saturated heterocycles. The van der Waals surface area contributed by atoms with Crippen LogP contribution < -0.4 is 15.0 Å². The fraction of sp³-hybridized carbons (Fsp3) is 0.381. The number of nitrogens with one attached hydrogen (secondary N) is 1. The zero-order valence-electron chi connectivity index (χ0n) is 15.9. The molecule has 0 aromatic heterocycles. The number of anilines is 2. The van der Waals surface area contributed by atoms with E-state index in [1.165, 1.54) is 5.06 Å². The molecule has 142 valence electrons. The summed E-state index contributed by atoms with van der Waals surface area (Å²) in [6.45, 7) is 4.83. The van der Waals surface area contributed by atoms with E-state index in [0.29, 0.717) is 12.3 Å². The molecule has 2 aromatic rings. The molecule has 1 amide bonds. The molecule has 2 heterocycles. The van der Waals surface area contributed by atoms with Crippen LogP contribution in [0.2, 0.25) is 0 Å². The Morgan fingerprint density at radius 1 is 1.33 bits per heavy atom. The van der Waals surface area contributed by atoms with E-state index < -0.39 is 6.09 Å². The summed E-state index contributed by atoms with van der Waals surface area (Å²) >= 11 is 0. The van der Waals surface area contributed by atoms with Crippen molar-refractivity contribution in [1.82, 2.24) is 5.06 Å². The zero-order valence-corrected chi connectivity index (χ0v) is 15.9. The molecule has 0 aliphatic carbocycles. The van der Waals surface area contributed by atoms with Crippen LogP contribution in [0.4, 0.5) is 16.2 Å². The molecule has 1 unspecified atom stereocenters. The van der Waals surface area contributed by atoms with Gasteiger partial charge in [-0.1, -0.05) is 32.0 Å². The summed E-state index contributed by atoms with van der Waals surface area (Å²) in [7, 11) is 1.98. The summed E-state index contributed by atoms with van der Waals surface area (Å²) in [6, 6.07) is 13.4. The van der Waals surface area contributed by atoms with Gasteiger partial charge in [0, 0.05) is 30.4 Å². The normalized spacial score (nSPS) is 23.9. The maximum Gasteiger partial charge on any atom is 0.417 e. The van der Waals surface area contributed by atoms with Crippen molar-refractivity contribution >= 4 is 17.5 Å². The summed E-state index contributed by atoms with van der Waals surface area (Å²) in [6.07, 6.45) is 1.09. The Hall–Kier alpha value is -2.57. The van der Waals surface area contributed by atoms with Crippen molar-refractivity contribution in [2.24, 2.45) is 0 Å². The van der Waals surface area contributed by atoms with Gasteiger partial charge < -0.3 is 14.8 Å². The van der Waals surface area contributed by atoms with E-state index in [1.54, 1.807) is 6.07 Å². The number of carbonyl (C=O) groups excluding carboxylic acids is 1. The first-order valence-corrected chi connectivity index (χ1v) is 9.33. The molecular formula is C21H25N3O3. The Morgan fingerprint density at radius 2 is 2.11 bits per heavy atom. The van der Waals surface area contributed by atoms with E-state index in [-0.39, 0.29) is 11.6 Å². The number of ether oxygens (including phenoxy) is 1. The van der Waals surface area contributed by atoms with Gasteiger partial charge in [-0.2, -0.15) is 5.06 Å². The smallest absolute Gasteiger partial charge is 0.410 e. The van der Waals surface area contributed by atoms with Crippen LogP contribution in [0.1, 0.15) is 31.4 Å². The summed E-state index contributed by atoms with van der Waals surface area (Å²) in [5.74, 6) is 0.506. The molecule has 2 aliphatic heterocycles. The molecule has 2 N–H and O–H groups in total. The third kappa shape index (κ3) is 2.85. The van der Waals surface area contributed by atoms with Crippen LogP contribution in [0.25, 0.3) is 0 Å². The predicted molar refractivity (Wildman–Crippen MR) is 105 cm³/mol. The van der Waals surface area contributed by atoms with E-state index in [2.05, 4.69) is 17.1 Å². The first-order valence-electron chi connectivity index (χ1n) is 9.33. The number of hydroxylamine groups is 2. The second-order valence-electron chi connectivity index (χ2n) is 7.52. The molecule has 1 fully saturated rings. The molecule has 0 bridgehead atoms. The highest BCUT2D eigenvalue weighted by atomic mass is 16.6. The topological polar surface area (TPSA) is 65.0 Å². The van der Waals surface area contributed by atoms with Crippen LogP contribution in [0.15, 0.2) is 42.5 Å². The number of para-hydroxylation sites is 1. The molecule has 2 atom stereocenters. The van der Waals surface area contributed by atoms with E-state index >= 15 is 0 Å². The van der Waals surface area contributed by atoms with Gasteiger partial charge in [0.2, 0.25) is 0 Å². The number of benzene rings is 2. The number of amides is 1. The lowest BCUT2D eigenvalue weighted by atomic mass is 9.81. The highest BCUT2D eigenvalue weighted by molar-refractivity contribution is 5.87. The fourth-order valence-electron chi connectivity index (χ4n) is 4.50. The largest absolute Gasteiger partial charge is 0.417 e. The van der Waals surface area contributed by atoms with Crippen LogP contribution in [-0.4, -0.2) is 36.1 Å². The van der Waals surface area contributed by atoms with Gasteiger partial charge in [0.25, 0.3) is 0 Å². The van der Waals surface area contributed by atoms with Crippen molar-refractivity contribution < 1.29 is 14.7 Å². The predicted octanol–water partition coefficient (Wildman–Crippen LogP) is 3.99. The Balaban J connectivity index is 1.55. The summed E-state index contributed by atoms with van der Waals surface area (Å²) in [5, 5.41) is 14.5. The molecule has 0 radical (unpaired) electrons. The molecule has 2 aliphatic rings. The lowest BCUT2D eigenvalue weighted by Crippen LogP contribution is -2.45. The Labute approximate surface area is 159 Å². The molecule has 0 spiro atoms. The van der Waals surface area contributed by atoms with Crippen LogP contribution >= 0.6 is 0 Å². The molecule has 0 saturated carbocycles. The van der Waals surface area contributed by atoms with Crippen LogP contribution in [0, 0.1) is 0 Å². The number of fused-ring (bicyclic) bond motifs is 3. The Morgan fingerprint density at radius 3 is 2.89 bits per heavy atom. The quantitative estimate of drug-likeness (QED) is 0.859. The van der Waals surface area contributed by atoms with E-state index in [0.717, 1.165) is 35.3 Å². The molecule has 4 rings (SSSR count). The van der Waals surface area contributed by atoms with Gasteiger partial charge in [-0.15, -0.1) is 0 Å². The number of likely N-dealkylation sites (N-methyl/N-ethyl adjacent to an activating group) is 1. The minimum atomic E-state index is -0.501. The minimum absolute atomic E-state index is 0.0898. The second kappa shape index (κ2) is 6.55. The Bertz CT molecular complexity index is 885. The van der Waals surface area contributed by atoms with Gasteiger partial charge in [0.15, 0.2) is 0 Å². The van der Waals surface area contributed by atoms with Gasteiger partial charge in [0.05, 0.1) is 0 Å². The number of carbonyl (C=O) groups is 1. The number of hydrogen-bond donors (Lipinski definition) is 2. The van der Waals surface area contributed by atoms with Crippen LogP contribution in [0.3, 0.4) is 0 Å². The molecule has 2 aromatic carbocycles. The highest BCUT2D eigenvalue weighted by Gasteiger charge is 2.53. The Kier molecular flexibility index (Phi) is 4.32. The zero-order chi connectivity index (χ0) is 19.2. The minimum Gasteiger partial charge on any atom is -0.410 e. The van der Waals surface area contributed by atoms with E-state index in [9.17, 15) is 10.0 Å².